The van der Waals surface area contributed by atoms with Crippen LogP contribution in [0.3, 0.4) is 0 Å². The fourth-order valence-corrected chi connectivity index (χ4v) is 2.27. The Bertz CT molecular complexity index is 352. The van der Waals surface area contributed by atoms with E-state index >= 15 is 0 Å². The maximum atomic E-state index is 5.40. The molecule has 0 aliphatic carbocycles. The third kappa shape index (κ3) is 2.14. The van der Waals surface area contributed by atoms with Gasteiger partial charge < -0.3 is 14.5 Å². The molecule has 0 bridgehead atoms. The average Bonchev–Trinajstić information content (AvgIpc) is 2.78. The Morgan fingerprint density at radius 1 is 1.31 bits per heavy atom. The zero-order chi connectivity index (χ0) is 11.5. The lowest BCUT2D eigenvalue weighted by Crippen LogP contribution is -2.31. The van der Waals surface area contributed by atoms with E-state index < -0.39 is 0 Å². The van der Waals surface area contributed by atoms with E-state index in [1.54, 1.807) is 7.11 Å². The second-order valence-electron chi connectivity index (χ2n) is 4.52. The van der Waals surface area contributed by atoms with Gasteiger partial charge in [0.2, 0.25) is 0 Å². The molecule has 0 saturated carbocycles. The predicted octanol–water partition coefficient (Wildman–Crippen LogP) is 1.84. The van der Waals surface area contributed by atoms with Crippen molar-refractivity contribution >= 4 is 5.69 Å². The van der Waals surface area contributed by atoms with Crippen molar-refractivity contribution in [3.8, 4) is 5.75 Å². The molecule has 1 aromatic rings. The van der Waals surface area contributed by atoms with Crippen LogP contribution >= 0.6 is 0 Å². The zero-order valence-electron chi connectivity index (χ0n) is 10.3. The van der Waals surface area contributed by atoms with Crippen molar-refractivity contribution in [3.63, 3.8) is 0 Å². The van der Waals surface area contributed by atoms with Gasteiger partial charge in [0.25, 0.3) is 0 Å². The van der Waals surface area contributed by atoms with Gasteiger partial charge in [0, 0.05) is 19.1 Å². The van der Waals surface area contributed by atoms with Crippen molar-refractivity contribution in [2.24, 2.45) is 0 Å². The quantitative estimate of drug-likeness (QED) is 0.773. The fourth-order valence-electron chi connectivity index (χ4n) is 2.27. The highest BCUT2D eigenvalue weighted by molar-refractivity contribution is 5.59. The van der Waals surface area contributed by atoms with Gasteiger partial charge in [-0.15, -0.1) is 0 Å². The van der Waals surface area contributed by atoms with Crippen molar-refractivity contribution in [2.45, 2.75) is 12.5 Å². The van der Waals surface area contributed by atoms with Gasteiger partial charge in [0.1, 0.15) is 5.75 Å². The van der Waals surface area contributed by atoms with Crippen molar-refractivity contribution in [2.75, 3.05) is 39.2 Å². The molecule has 0 N–H and O–H groups in total. The lowest BCUT2D eigenvalue weighted by Gasteiger charge is -2.23. The summed E-state index contributed by atoms with van der Waals surface area (Å²) in [4.78, 5) is 4.71. The molecule has 0 spiro atoms. The van der Waals surface area contributed by atoms with E-state index in [9.17, 15) is 0 Å². The molecule has 1 aromatic carbocycles. The highest BCUT2D eigenvalue weighted by Gasteiger charge is 2.25. The summed E-state index contributed by atoms with van der Waals surface area (Å²) >= 11 is 0. The number of ether oxygens (including phenoxy) is 1. The van der Waals surface area contributed by atoms with E-state index in [-0.39, 0.29) is 0 Å². The third-order valence-corrected chi connectivity index (χ3v) is 3.32. The number of rotatable bonds is 3. The van der Waals surface area contributed by atoms with E-state index in [2.05, 4.69) is 36.0 Å². The maximum Gasteiger partial charge on any atom is 0.142 e. The van der Waals surface area contributed by atoms with Gasteiger partial charge in [-0.1, -0.05) is 12.1 Å². The highest BCUT2D eigenvalue weighted by Crippen LogP contribution is 2.30. The first-order chi connectivity index (χ1) is 7.72. The number of nitrogens with zero attached hydrogens (tertiary/aromatic N) is 2. The summed E-state index contributed by atoms with van der Waals surface area (Å²) in [6.45, 7) is 2.20. The molecule has 0 aromatic heterocycles. The number of anilines is 1. The molecule has 0 radical (unpaired) electrons. The molecule has 1 fully saturated rings. The van der Waals surface area contributed by atoms with Crippen LogP contribution < -0.4 is 9.64 Å². The van der Waals surface area contributed by atoms with Crippen LogP contribution in [0.25, 0.3) is 0 Å². The Kier molecular flexibility index (Phi) is 3.34. The standard InChI is InChI=1S/C13H20N2O/c1-14(2)11-8-9-15(10-11)12-6-4-5-7-13(12)16-3/h4-7,11H,8-10H2,1-3H3/t11-/m0/s1. The molecule has 16 heavy (non-hydrogen) atoms. The first-order valence-corrected chi connectivity index (χ1v) is 5.76. The van der Waals surface area contributed by atoms with E-state index in [0.717, 1.165) is 18.8 Å². The summed E-state index contributed by atoms with van der Waals surface area (Å²) in [5.74, 6) is 0.974. The van der Waals surface area contributed by atoms with E-state index in [4.69, 9.17) is 4.74 Å². The molecular weight excluding hydrogens is 200 g/mol. The predicted molar refractivity (Wildman–Crippen MR) is 67.3 cm³/mol. The van der Waals surface area contributed by atoms with E-state index in [0.29, 0.717) is 6.04 Å². The minimum atomic E-state index is 0.657. The first kappa shape index (κ1) is 11.3. The third-order valence-electron chi connectivity index (χ3n) is 3.32. The van der Waals surface area contributed by atoms with Gasteiger partial charge in [-0.05, 0) is 32.6 Å². The lowest BCUT2D eigenvalue weighted by molar-refractivity contribution is 0.315. The van der Waals surface area contributed by atoms with Gasteiger partial charge >= 0.3 is 0 Å². The molecule has 0 amide bonds. The summed E-state index contributed by atoms with van der Waals surface area (Å²) in [6.07, 6.45) is 1.23. The smallest absolute Gasteiger partial charge is 0.142 e. The van der Waals surface area contributed by atoms with Crippen LogP contribution in [0, 0.1) is 0 Å². The fraction of sp³-hybridized carbons (Fsp3) is 0.538. The molecule has 2 rings (SSSR count). The van der Waals surface area contributed by atoms with Crippen LogP contribution in [0.1, 0.15) is 6.42 Å². The monoisotopic (exact) mass is 220 g/mol. The minimum Gasteiger partial charge on any atom is -0.495 e. The second kappa shape index (κ2) is 4.74. The van der Waals surface area contributed by atoms with Crippen LogP contribution in [-0.4, -0.2) is 45.2 Å². The number of likely N-dealkylation sites (N-methyl/N-ethyl adjacent to an activating group) is 1. The number of methoxy groups -OCH3 is 1. The molecule has 0 unspecified atom stereocenters. The van der Waals surface area contributed by atoms with Crippen LogP contribution in [0.15, 0.2) is 24.3 Å². The summed E-state index contributed by atoms with van der Waals surface area (Å²) in [5.41, 5.74) is 1.22. The number of hydrogen-bond donors (Lipinski definition) is 0. The van der Waals surface area contributed by atoms with Crippen molar-refractivity contribution < 1.29 is 4.74 Å². The maximum absolute atomic E-state index is 5.40. The van der Waals surface area contributed by atoms with Crippen molar-refractivity contribution in [3.05, 3.63) is 24.3 Å². The van der Waals surface area contributed by atoms with Crippen molar-refractivity contribution in [1.29, 1.82) is 0 Å². The van der Waals surface area contributed by atoms with E-state index in [1.165, 1.54) is 12.1 Å². The molecular formula is C13H20N2O. The molecule has 1 aliphatic rings. The number of hydrogen-bond acceptors (Lipinski definition) is 3. The largest absolute Gasteiger partial charge is 0.495 e. The van der Waals surface area contributed by atoms with E-state index in [1.807, 2.05) is 12.1 Å². The van der Waals surface area contributed by atoms with Gasteiger partial charge in [0.05, 0.1) is 12.8 Å². The Labute approximate surface area is 97.6 Å². The normalized spacial score (nSPS) is 20.5. The zero-order valence-corrected chi connectivity index (χ0v) is 10.3. The van der Waals surface area contributed by atoms with Gasteiger partial charge in [-0.3, -0.25) is 0 Å². The Hall–Kier alpha value is -1.22. The summed E-state index contributed by atoms with van der Waals surface area (Å²) in [5, 5.41) is 0. The van der Waals surface area contributed by atoms with Crippen molar-refractivity contribution in [1.82, 2.24) is 4.90 Å². The number of benzene rings is 1. The summed E-state index contributed by atoms with van der Waals surface area (Å²) in [6, 6.07) is 8.91. The molecule has 1 aliphatic heterocycles. The Balaban J connectivity index is 2.14. The Morgan fingerprint density at radius 2 is 2.06 bits per heavy atom. The SMILES string of the molecule is COc1ccccc1N1CC[C@H](N(C)C)C1. The van der Waals surface area contributed by atoms with Crippen LogP contribution in [0.2, 0.25) is 0 Å². The van der Waals surface area contributed by atoms with Gasteiger partial charge in [-0.2, -0.15) is 0 Å². The average molecular weight is 220 g/mol. The molecule has 1 saturated heterocycles. The molecule has 3 heteroatoms. The van der Waals surface area contributed by atoms with Gasteiger partial charge in [0.15, 0.2) is 0 Å². The molecule has 88 valence electrons. The van der Waals surface area contributed by atoms with Crippen LogP contribution in [0.4, 0.5) is 5.69 Å². The lowest BCUT2D eigenvalue weighted by atomic mass is 10.2. The molecule has 1 atom stereocenters. The summed E-state index contributed by atoms with van der Waals surface area (Å²) in [7, 11) is 6.03. The van der Waals surface area contributed by atoms with Crippen LogP contribution in [-0.2, 0) is 0 Å². The van der Waals surface area contributed by atoms with Crippen LogP contribution in [0.5, 0.6) is 5.75 Å². The van der Waals surface area contributed by atoms with Gasteiger partial charge in [-0.25, -0.2) is 0 Å². The molecule has 1 heterocycles. The number of para-hydroxylation sites is 2. The molecule has 3 nitrogen and oxygen atoms in total. The summed E-state index contributed by atoms with van der Waals surface area (Å²) < 4.78 is 5.40. The Morgan fingerprint density at radius 3 is 2.69 bits per heavy atom. The minimum absolute atomic E-state index is 0.657. The topological polar surface area (TPSA) is 15.7 Å². The highest BCUT2D eigenvalue weighted by atomic mass is 16.5. The first-order valence-electron chi connectivity index (χ1n) is 5.76. The second-order valence-corrected chi connectivity index (χ2v) is 4.52.